The molecule has 6 nitrogen and oxygen atoms in total. The summed E-state index contributed by atoms with van der Waals surface area (Å²) in [5.41, 5.74) is 1.63. The first-order chi connectivity index (χ1) is 9.08. The van der Waals surface area contributed by atoms with Crippen LogP contribution in [0.3, 0.4) is 0 Å². The second-order valence-electron chi connectivity index (χ2n) is 3.79. The molecule has 2 heterocycles. The van der Waals surface area contributed by atoms with E-state index < -0.39 is 11.9 Å². The molecule has 0 saturated carbocycles. The lowest BCUT2D eigenvalue weighted by molar-refractivity contribution is 0.0691. The number of hydrogen-bond donors (Lipinski definition) is 2. The molecular weight excluding hydrogens is 266 g/mol. The highest BCUT2D eigenvalue weighted by atomic mass is 32.1. The van der Waals surface area contributed by atoms with Crippen molar-refractivity contribution in [3.63, 3.8) is 0 Å². The minimum Gasteiger partial charge on any atom is -0.476 e. The number of nitrogens with one attached hydrogen (secondary N) is 1. The van der Waals surface area contributed by atoms with E-state index in [4.69, 9.17) is 5.11 Å². The van der Waals surface area contributed by atoms with Crippen LogP contribution in [0.15, 0.2) is 23.7 Å². The fourth-order valence-corrected chi connectivity index (χ4v) is 2.13. The van der Waals surface area contributed by atoms with E-state index in [1.165, 1.54) is 5.38 Å². The van der Waals surface area contributed by atoms with E-state index in [0.29, 0.717) is 0 Å². The molecule has 2 N–H and O–H groups in total. The van der Waals surface area contributed by atoms with Crippen LogP contribution in [-0.4, -0.2) is 27.0 Å². The molecule has 0 aliphatic carbocycles. The number of thiazole rings is 1. The Labute approximate surface area is 113 Å². The standard InChI is InChI=1S/C12H11N3O3S/c1-7-3-2-4-13-8(7)5-14-10(16)11-15-9(6-19-11)12(17)18/h2-4,6H,5H2,1H3,(H,14,16)(H,17,18). The maximum atomic E-state index is 11.8. The van der Waals surface area contributed by atoms with Crippen LogP contribution in [-0.2, 0) is 6.54 Å². The highest BCUT2D eigenvalue weighted by molar-refractivity contribution is 7.11. The number of aromatic nitrogens is 2. The molecular formula is C12H11N3O3S. The molecule has 0 atom stereocenters. The summed E-state index contributed by atoms with van der Waals surface area (Å²) < 4.78 is 0. The topological polar surface area (TPSA) is 92.2 Å². The Bertz CT molecular complexity index is 624. The van der Waals surface area contributed by atoms with Gasteiger partial charge in [-0.2, -0.15) is 0 Å². The molecule has 0 bridgehead atoms. The van der Waals surface area contributed by atoms with Gasteiger partial charge in [-0.25, -0.2) is 9.78 Å². The lowest BCUT2D eigenvalue weighted by Gasteiger charge is -2.05. The smallest absolute Gasteiger partial charge is 0.355 e. The summed E-state index contributed by atoms with van der Waals surface area (Å²) in [5, 5.41) is 12.9. The van der Waals surface area contributed by atoms with E-state index >= 15 is 0 Å². The number of amides is 1. The molecule has 19 heavy (non-hydrogen) atoms. The normalized spacial score (nSPS) is 10.2. The van der Waals surface area contributed by atoms with Gasteiger partial charge in [-0.05, 0) is 18.6 Å². The van der Waals surface area contributed by atoms with Gasteiger partial charge in [0, 0.05) is 11.6 Å². The van der Waals surface area contributed by atoms with Gasteiger partial charge < -0.3 is 10.4 Å². The van der Waals surface area contributed by atoms with Crippen molar-refractivity contribution in [1.29, 1.82) is 0 Å². The maximum absolute atomic E-state index is 11.8. The summed E-state index contributed by atoms with van der Waals surface area (Å²) in [6.45, 7) is 2.19. The number of nitrogens with zero attached hydrogens (tertiary/aromatic N) is 2. The number of hydrogen-bond acceptors (Lipinski definition) is 5. The highest BCUT2D eigenvalue weighted by Crippen LogP contribution is 2.10. The average Bonchev–Trinajstić information content (AvgIpc) is 2.87. The largest absolute Gasteiger partial charge is 0.476 e. The first-order valence-corrected chi connectivity index (χ1v) is 6.33. The molecule has 2 aromatic rings. The third-order valence-corrected chi connectivity index (χ3v) is 3.29. The molecule has 0 saturated heterocycles. The lowest BCUT2D eigenvalue weighted by Crippen LogP contribution is -2.23. The maximum Gasteiger partial charge on any atom is 0.355 e. The molecule has 0 aromatic carbocycles. The van der Waals surface area contributed by atoms with Crippen LogP contribution in [0, 0.1) is 6.92 Å². The number of aryl methyl sites for hydroxylation is 1. The minimum atomic E-state index is -1.14. The predicted molar refractivity (Wildman–Crippen MR) is 69.2 cm³/mol. The zero-order chi connectivity index (χ0) is 13.8. The number of carbonyl (C=O) groups excluding carboxylic acids is 1. The van der Waals surface area contributed by atoms with Crippen molar-refractivity contribution in [3.05, 3.63) is 45.7 Å². The van der Waals surface area contributed by atoms with E-state index in [-0.39, 0.29) is 17.2 Å². The van der Waals surface area contributed by atoms with E-state index in [0.717, 1.165) is 22.6 Å². The van der Waals surface area contributed by atoms with E-state index in [9.17, 15) is 9.59 Å². The number of rotatable bonds is 4. The number of carbonyl (C=O) groups is 2. The Morgan fingerprint density at radius 2 is 2.26 bits per heavy atom. The predicted octanol–water partition coefficient (Wildman–Crippen LogP) is 1.47. The molecule has 0 fully saturated rings. The van der Waals surface area contributed by atoms with Crippen molar-refractivity contribution in [1.82, 2.24) is 15.3 Å². The number of carboxylic acids is 1. The van der Waals surface area contributed by atoms with E-state index in [1.807, 2.05) is 19.1 Å². The van der Waals surface area contributed by atoms with E-state index in [2.05, 4.69) is 15.3 Å². The van der Waals surface area contributed by atoms with Gasteiger partial charge in [0.1, 0.15) is 0 Å². The molecule has 0 aliphatic heterocycles. The Balaban J connectivity index is 2.01. The van der Waals surface area contributed by atoms with Gasteiger partial charge in [-0.1, -0.05) is 6.07 Å². The molecule has 2 aromatic heterocycles. The van der Waals surface area contributed by atoms with Crippen molar-refractivity contribution in [3.8, 4) is 0 Å². The zero-order valence-corrected chi connectivity index (χ0v) is 10.9. The summed E-state index contributed by atoms with van der Waals surface area (Å²) in [6, 6.07) is 3.72. The van der Waals surface area contributed by atoms with Gasteiger partial charge in [0.15, 0.2) is 10.7 Å². The summed E-state index contributed by atoms with van der Waals surface area (Å²) in [4.78, 5) is 30.3. The molecule has 2 rings (SSSR count). The fraction of sp³-hybridized carbons (Fsp3) is 0.167. The van der Waals surface area contributed by atoms with Crippen LogP contribution < -0.4 is 5.32 Å². The summed E-state index contributed by atoms with van der Waals surface area (Å²) >= 11 is 1.00. The van der Waals surface area contributed by atoms with Crippen LogP contribution >= 0.6 is 11.3 Å². The van der Waals surface area contributed by atoms with Gasteiger partial charge in [0.05, 0.1) is 12.2 Å². The molecule has 7 heteroatoms. The van der Waals surface area contributed by atoms with Crippen molar-refractivity contribution >= 4 is 23.2 Å². The van der Waals surface area contributed by atoms with Crippen molar-refractivity contribution in [2.45, 2.75) is 13.5 Å². The minimum absolute atomic E-state index is 0.121. The van der Waals surface area contributed by atoms with Crippen molar-refractivity contribution in [2.24, 2.45) is 0 Å². The zero-order valence-electron chi connectivity index (χ0n) is 10.1. The van der Waals surface area contributed by atoms with Crippen LogP contribution in [0.25, 0.3) is 0 Å². The average molecular weight is 277 g/mol. The fourth-order valence-electron chi connectivity index (χ4n) is 1.42. The third-order valence-electron chi connectivity index (χ3n) is 2.45. The quantitative estimate of drug-likeness (QED) is 0.883. The first kappa shape index (κ1) is 13.2. The van der Waals surface area contributed by atoms with Crippen LogP contribution in [0.1, 0.15) is 31.5 Å². The van der Waals surface area contributed by atoms with Gasteiger partial charge in [-0.3, -0.25) is 9.78 Å². The van der Waals surface area contributed by atoms with Crippen molar-refractivity contribution < 1.29 is 14.7 Å². The van der Waals surface area contributed by atoms with Crippen molar-refractivity contribution in [2.75, 3.05) is 0 Å². The Hall–Kier alpha value is -2.28. The summed E-state index contributed by atoms with van der Waals surface area (Å²) in [7, 11) is 0. The molecule has 0 aliphatic rings. The van der Waals surface area contributed by atoms with Crippen LogP contribution in [0.2, 0.25) is 0 Å². The van der Waals surface area contributed by atoms with Gasteiger partial charge in [-0.15, -0.1) is 11.3 Å². The Kier molecular flexibility index (Phi) is 3.86. The second kappa shape index (κ2) is 5.57. The summed E-state index contributed by atoms with van der Waals surface area (Å²) in [6.07, 6.45) is 1.65. The highest BCUT2D eigenvalue weighted by Gasteiger charge is 2.14. The molecule has 0 radical (unpaired) electrons. The number of carboxylic acid groups (broad SMARTS) is 1. The number of pyridine rings is 1. The molecule has 0 unspecified atom stereocenters. The SMILES string of the molecule is Cc1cccnc1CNC(=O)c1nc(C(=O)O)cs1. The third kappa shape index (κ3) is 3.14. The van der Waals surface area contributed by atoms with Gasteiger partial charge in [0.25, 0.3) is 5.91 Å². The molecule has 1 amide bonds. The van der Waals surface area contributed by atoms with E-state index in [1.54, 1.807) is 6.20 Å². The first-order valence-electron chi connectivity index (χ1n) is 5.45. The monoisotopic (exact) mass is 277 g/mol. The second-order valence-corrected chi connectivity index (χ2v) is 4.65. The van der Waals surface area contributed by atoms with Crippen LogP contribution in [0.5, 0.6) is 0 Å². The Morgan fingerprint density at radius 1 is 1.47 bits per heavy atom. The lowest BCUT2D eigenvalue weighted by atomic mass is 10.2. The summed E-state index contributed by atoms with van der Waals surface area (Å²) in [5.74, 6) is -1.54. The van der Waals surface area contributed by atoms with Crippen LogP contribution in [0.4, 0.5) is 0 Å². The molecule has 98 valence electrons. The van der Waals surface area contributed by atoms with Gasteiger partial charge >= 0.3 is 5.97 Å². The number of aromatic carboxylic acids is 1. The Morgan fingerprint density at radius 3 is 2.89 bits per heavy atom. The molecule has 0 spiro atoms. The van der Waals surface area contributed by atoms with Gasteiger partial charge in [0.2, 0.25) is 0 Å².